The molecule has 0 aliphatic heterocycles. The molecule has 2 N–H and O–H groups in total. The Kier molecular flexibility index (Phi) is 2.65. The number of furan rings is 1. The van der Waals surface area contributed by atoms with Crippen LogP contribution in [0.2, 0.25) is 0 Å². The zero-order valence-corrected chi connectivity index (χ0v) is 9.60. The van der Waals surface area contributed by atoms with Crippen LogP contribution < -0.4 is 5.73 Å². The fourth-order valence-electron chi connectivity index (χ4n) is 2.31. The lowest BCUT2D eigenvalue weighted by Gasteiger charge is -2.22. The van der Waals surface area contributed by atoms with E-state index in [0.717, 1.165) is 37.2 Å². The molecule has 17 heavy (non-hydrogen) atoms. The van der Waals surface area contributed by atoms with Crippen LogP contribution in [-0.2, 0) is 12.8 Å². The van der Waals surface area contributed by atoms with Crippen LogP contribution in [0, 0.1) is 5.92 Å². The van der Waals surface area contributed by atoms with Crippen LogP contribution in [0.3, 0.4) is 0 Å². The number of aryl methyl sites for hydroxylation is 1. The third-order valence-electron chi connectivity index (χ3n) is 3.36. The highest BCUT2D eigenvalue weighted by atomic mass is 16.3. The fourth-order valence-corrected chi connectivity index (χ4v) is 2.31. The van der Waals surface area contributed by atoms with E-state index in [2.05, 4.69) is 9.97 Å². The molecule has 0 aromatic carbocycles. The highest BCUT2D eigenvalue weighted by Crippen LogP contribution is 2.25. The van der Waals surface area contributed by atoms with E-state index in [1.807, 2.05) is 12.3 Å². The highest BCUT2D eigenvalue weighted by Gasteiger charge is 2.19. The third-order valence-corrected chi connectivity index (χ3v) is 3.36. The van der Waals surface area contributed by atoms with Gasteiger partial charge in [0, 0.05) is 11.9 Å². The van der Waals surface area contributed by atoms with E-state index >= 15 is 0 Å². The molecule has 0 radical (unpaired) electrons. The highest BCUT2D eigenvalue weighted by molar-refractivity contribution is 5.52. The van der Waals surface area contributed by atoms with Crippen LogP contribution in [0.4, 0.5) is 0 Å². The van der Waals surface area contributed by atoms with Gasteiger partial charge in [0.1, 0.15) is 6.26 Å². The van der Waals surface area contributed by atoms with Crippen molar-refractivity contribution in [2.75, 3.05) is 6.54 Å². The molecule has 1 aliphatic rings. The van der Waals surface area contributed by atoms with Crippen LogP contribution in [0.5, 0.6) is 0 Å². The second-order valence-corrected chi connectivity index (χ2v) is 4.52. The molecule has 1 aliphatic carbocycles. The second-order valence-electron chi connectivity index (χ2n) is 4.52. The van der Waals surface area contributed by atoms with Gasteiger partial charge in [-0.25, -0.2) is 9.97 Å². The first-order valence-electron chi connectivity index (χ1n) is 5.94. The minimum absolute atomic E-state index is 0.589. The number of hydrogen-bond donors (Lipinski definition) is 1. The van der Waals surface area contributed by atoms with Gasteiger partial charge in [-0.05, 0) is 43.4 Å². The molecule has 4 nitrogen and oxygen atoms in total. The van der Waals surface area contributed by atoms with E-state index < -0.39 is 0 Å². The summed E-state index contributed by atoms with van der Waals surface area (Å²) >= 11 is 0. The van der Waals surface area contributed by atoms with Crippen LogP contribution in [0.1, 0.15) is 17.7 Å². The van der Waals surface area contributed by atoms with E-state index in [1.54, 1.807) is 12.5 Å². The summed E-state index contributed by atoms with van der Waals surface area (Å²) in [4.78, 5) is 9.00. The molecule has 88 valence electrons. The lowest BCUT2D eigenvalue weighted by atomic mass is 9.87. The summed E-state index contributed by atoms with van der Waals surface area (Å²) in [5.74, 6) is 1.34. The quantitative estimate of drug-likeness (QED) is 0.852. The van der Waals surface area contributed by atoms with Crippen molar-refractivity contribution in [3.8, 4) is 11.4 Å². The van der Waals surface area contributed by atoms with Gasteiger partial charge in [0.25, 0.3) is 0 Å². The third kappa shape index (κ3) is 1.96. The lowest BCUT2D eigenvalue weighted by molar-refractivity contribution is 0.462. The van der Waals surface area contributed by atoms with E-state index in [1.165, 1.54) is 11.3 Å². The Labute approximate surface area is 99.9 Å². The minimum Gasteiger partial charge on any atom is -0.472 e. The maximum absolute atomic E-state index is 5.71. The van der Waals surface area contributed by atoms with E-state index in [0.29, 0.717) is 5.92 Å². The standard InChI is InChI=1S/C13H15N3O/c14-6-9-1-2-12-11(5-9)7-15-13(16-12)10-3-4-17-8-10/h3-4,7-9H,1-2,5-6,14H2. The van der Waals surface area contributed by atoms with Crippen molar-refractivity contribution in [3.63, 3.8) is 0 Å². The Morgan fingerprint density at radius 1 is 1.47 bits per heavy atom. The van der Waals surface area contributed by atoms with Gasteiger partial charge >= 0.3 is 0 Å². The molecule has 0 amide bonds. The number of rotatable bonds is 2. The zero-order chi connectivity index (χ0) is 11.7. The molecule has 0 fully saturated rings. The van der Waals surface area contributed by atoms with Gasteiger partial charge in [-0.2, -0.15) is 0 Å². The van der Waals surface area contributed by atoms with Crippen molar-refractivity contribution in [2.24, 2.45) is 11.7 Å². The largest absolute Gasteiger partial charge is 0.472 e. The SMILES string of the molecule is NCC1CCc2nc(-c3ccoc3)ncc2C1. The zero-order valence-electron chi connectivity index (χ0n) is 9.60. The first-order valence-corrected chi connectivity index (χ1v) is 5.94. The van der Waals surface area contributed by atoms with Gasteiger partial charge in [-0.1, -0.05) is 0 Å². The van der Waals surface area contributed by atoms with Crippen molar-refractivity contribution in [1.29, 1.82) is 0 Å². The number of hydrogen-bond acceptors (Lipinski definition) is 4. The number of nitrogens with zero attached hydrogens (tertiary/aromatic N) is 2. The molecule has 0 bridgehead atoms. The average molecular weight is 229 g/mol. The Bertz CT molecular complexity index is 507. The lowest BCUT2D eigenvalue weighted by Crippen LogP contribution is -2.23. The Hall–Kier alpha value is -1.68. The topological polar surface area (TPSA) is 64.9 Å². The molecule has 2 heterocycles. The molecule has 0 saturated carbocycles. The summed E-state index contributed by atoms with van der Waals surface area (Å²) in [5, 5.41) is 0. The molecule has 0 saturated heterocycles. The van der Waals surface area contributed by atoms with Crippen LogP contribution in [0.15, 0.2) is 29.2 Å². The first-order chi connectivity index (χ1) is 8.36. The number of fused-ring (bicyclic) bond motifs is 1. The second kappa shape index (κ2) is 4.30. The van der Waals surface area contributed by atoms with Crippen molar-refractivity contribution >= 4 is 0 Å². The molecule has 2 aromatic heterocycles. The summed E-state index contributed by atoms with van der Waals surface area (Å²) in [5.41, 5.74) is 9.07. The van der Waals surface area contributed by atoms with Gasteiger partial charge in [0.2, 0.25) is 0 Å². The fraction of sp³-hybridized carbons (Fsp3) is 0.385. The van der Waals surface area contributed by atoms with E-state index in [9.17, 15) is 0 Å². The average Bonchev–Trinajstić information content (AvgIpc) is 2.91. The maximum Gasteiger partial charge on any atom is 0.162 e. The van der Waals surface area contributed by atoms with Crippen LogP contribution >= 0.6 is 0 Å². The van der Waals surface area contributed by atoms with Crippen molar-refractivity contribution < 1.29 is 4.42 Å². The maximum atomic E-state index is 5.71. The van der Waals surface area contributed by atoms with Gasteiger partial charge in [-0.3, -0.25) is 0 Å². The smallest absolute Gasteiger partial charge is 0.162 e. The molecule has 3 rings (SSSR count). The van der Waals surface area contributed by atoms with Gasteiger partial charge in [0.05, 0.1) is 11.8 Å². The van der Waals surface area contributed by atoms with Crippen molar-refractivity contribution in [3.05, 3.63) is 36.0 Å². The Morgan fingerprint density at radius 2 is 2.41 bits per heavy atom. The summed E-state index contributed by atoms with van der Waals surface area (Å²) in [6.45, 7) is 0.753. The monoisotopic (exact) mass is 229 g/mol. The molecular formula is C13H15N3O. The molecule has 0 spiro atoms. The molecular weight excluding hydrogens is 214 g/mol. The summed E-state index contributed by atoms with van der Waals surface area (Å²) in [7, 11) is 0. The molecule has 1 atom stereocenters. The van der Waals surface area contributed by atoms with Crippen molar-refractivity contribution in [2.45, 2.75) is 19.3 Å². The summed E-state index contributed by atoms with van der Waals surface area (Å²) in [6.07, 6.45) is 8.40. The normalized spacial score (nSPS) is 19.0. The minimum atomic E-state index is 0.589. The molecule has 2 aromatic rings. The predicted molar refractivity (Wildman–Crippen MR) is 64.3 cm³/mol. The predicted octanol–water partition coefficient (Wildman–Crippen LogP) is 1.80. The summed E-state index contributed by atoms with van der Waals surface area (Å²) < 4.78 is 5.05. The van der Waals surface area contributed by atoms with Gasteiger partial charge in [-0.15, -0.1) is 0 Å². The molecule has 1 unspecified atom stereocenters. The Balaban J connectivity index is 1.93. The first kappa shape index (κ1) is 10.5. The van der Waals surface area contributed by atoms with Gasteiger partial charge < -0.3 is 10.2 Å². The Morgan fingerprint density at radius 3 is 3.18 bits per heavy atom. The number of aromatic nitrogens is 2. The van der Waals surface area contributed by atoms with E-state index in [4.69, 9.17) is 10.2 Å². The van der Waals surface area contributed by atoms with Crippen LogP contribution in [-0.4, -0.2) is 16.5 Å². The van der Waals surface area contributed by atoms with E-state index in [-0.39, 0.29) is 0 Å². The van der Waals surface area contributed by atoms with Crippen LogP contribution in [0.25, 0.3) is 11.4 Å². The summed E-state index contributed by atoms with van der Waals surface area (Å²) in [6, 6.07) is 1.88. The molecule has 4 heteroatoms. The number of nitrogens with two attached hydrogens (primary N) is 1. The van der Waals surface area contributed by atoms with Crippen molar-refractivity contribution in [1.82, 2.24) is 9.97 Å². The van der Waals surface area contributed by atoms with Gasteiger partial charge in [0.15, 0.2) is 5.82 Å².